The normalized spacial score (nSPS) is 15.0. The number of pyridine rings is 1. The Morgan fingerprint density at radius 2 is 1.83 bits per heavy atom. The molecule has 3 aromatic rings. The van der Waals surface area contributed by atoms with Crippen molar-refractivity contribution >= 4 is 22.6 Å². The summed E-state index contributed by atoms with van der Waals surface area (Å²) in [6.07, 6.45) is 3.81. The number of amides is 1. The van der Waals surface area contributed by atoms with E-state index in [2.05, 4.69) is 14.8 Å². The maximum absolute atomic E-state index is 12.6. The summed E-state index contributed by atoms with van der Waals surface area (Å²) in [5.41, 5.74) is 3.14. The van der Waals surface area contributed by atoms with Crippen LogP contribution >= 0.6 is 0 Å². The smallest absolute Gasteiger partial charge is 0.263 e. The summed E-state index contributed by atoms with van der Waals surface area (Å²) in [7, 11) is 3.70. The predicted octanol–water partition coefficient (Wildman–Crippen LogP) is 2.82. The first-order valence-electron chi connectivity index (χ1n) is 10.1. The molecule has 0 radical (unpaired) electrons. The molecule has 29 heavy (non-hydrogen) atoms. The van der Waals surface area contributed by atoms with E-state index >= 15 is 0 Å². The van der Waals surface area contributed by atoms with Crippen molar-refractivity contribution in [2.45, 2.75) is 32.7 Å². The number of carbonyl (C=O) groups is 1. The molecule has 1 fully saturated rings. The van der Waals surface area contributed by atoms with Crippen LogP contribution in [0.3, 0.4) is 0 Å². The number of rotatable bonds is 4. The van der Waals surface area contributed by atoms with Gasteiger partial charge in [0.15, 0.2) is 0 Å². The van der Waals surface area contributed by atoms with Crippen LogP contribution in [-0.4, -0.2) is 38.0 Å². The third kappa shape index (κ3) is 3.82. The summed E-state index contributed by atoms with van der Waals surface area (Å²) >= 11 is 0. The van der Waals surface area contributed by atoms with Crippen molar-refractivity contribution in [3.63, 3.8) is 0 Å². The molecule has 0 spiro atoms. The fourth-order valence-electron chi connectivity index (χ4n) is 3.89. The van der Waals surface area contributed by atoms with Crippen molar-refractivity contribution in [2.24, 2.45) is 14.1 Å². The first-order chi connectivity index (χ1) is 13.9. The molecule has 1 aliphatic heterocycles. The molecule has 1 aliphatic rings. The molecular weight excluding hydrogens is 366 g/mol. The highest BCUT2D eigenvalue weighted by Gasteiger charge is 2.16. The number of aromatic nitrogens is 3. The SMILES string of the molecule is Cc1ccc(C(=O)Nc2ccc3c(c2)nc(CN2CCCCC2)n3C)c(=O)n1C. The zero-order valence-corrected chi connectivity index (χ0v) is 17.2. The second kappa shape index (κ2) is 7.83. The van der Waals surface area contributed by atoms with Crippen molar-refractivity contribution < 1.29 is 4.79 Å². The second-order valence-corrected chi connectivity index (χ2v) is 7.83. The molecule has 7 nitrogen and oxygen atoms in total. The fourth-order valence-corrected chi connectivity index (χ4v) is 3.89. The second-order valence-electron chi connectivity index (χ2n) is 7.83. The molecule has 4 rings (SSSR count). The Morgan fingerprint density at radius 1 is 1.07 bits per heavy atom. The summed E-state index contributed by atoms with van der Waals surface area (Å²) in [4.78, 5) is 32.2. The summed E-state index contributed by atoms with van der Waals surface area (Å²) in [5.74, 6) is 0.618. The zero-order valence-electron chi connectivity index (χ0n) is 17.2. The van der Waals surface area contributed by atoms with Gasteiger partial charge in [-0.15, -0.1) is 0 Å². The van der Waals surface area contributed by atoms with E-state index in [-0.39, 0.29) is 11.1 Å². The average Bonchev–Trinajstić information content (AvgIpc) is 3.01. The highest BCUT2D eigenvalue weighted by atomic mass is 16.2. The van der Waals surface area contributed by atoms with Gasteiger partial charge < -0.3 is 14.5 Å². The molecule has 152 valence electrons. The van der Waals surface area contributed by atoms with Gasteiger partial charge in [0, 0.05) is 25.5 Å². The molecule has 1 saturated heterocycles. The van der Waals surface area contributed by atoms with Gasteiger partial charge in [-0.2, -0.15) is 0 Å². The maximum atomic E-state index is 12.6. The van der Waals surface area contributed by atoms with Crippen LogP contribution in [0.15, 0.2) is 35.1 Å². The van der Waals surface area contributed by atoms with Gasteiger partial charge in [-0.25, -0.2) is 4.98 Å². The Labute approximate surface area is 170 Å². The van der Waals surface area contributed by atoms with Crippen LogP contribution in [0.2, 0.25) is 0 Å². The standard InChI is InChI=1S/C22H27N5O2/c1-15-7-9-17(22(29)25(15)2)21(28)23-16-8-10-19-18(13-16)24-20(26(19)3)14-27-11-5-4-6-12-27/h7-10,13H,4-6,11-12,14H2,1-3H3,(H,23,28). The van der Waals surface area contributed by atoms with Gasteiger partial charge >= 0.3 is 0 Å². The van der Waals surface area contributed by atoms with Gasteiger partial charge in [-0.3, -0.25) is 14.5 Å². The number of hydrogen-bond acceptors (Lipinski definition) is 4. The van der Waals surface area contributed by atoms with Crippen LogP contribution in [0.5, 0.6) is 0 Å². The number of hydrogen-bond donors (Lipinski definition) is 1. The Bertz CT molecular complexity index is 1120. The van der Waals surface area contributed by atoms with Crippen molar-refractivity contribution in [2.75, 3.05) is 18.4 Å². The average molecular weight is 393 g/mol. The molecular formula is C22H27N5O2. The summed E-state index contributed by atoms with van der Waals surface area (Å²) in [6, 6.07) is 9.02. The number of nitrogens with zero attached hydrogens (tertiary/aromatic N) is 4. The van der Waals surface area contributed by atoms with Gasteiger partial charge in [0.2, 0.25) is 0 Å². The third-order valence-corrected chi connectivity index (χ3v) is 5.84. The van der Waals surface area contributed by atoms with Gasteiger partial charge in [0.25, 0.3) is 11.5 Å². The lowest BCUT2D eigenvalue weighted by Gasteiger charge is -2.25. The van der Waals surface area contributed by atoms with Crippen LogP contribution in [0.4, 0.5) is 5.69 Å². The molecule has 0 bridgehead atoms. The van der Waals surface area contributed by atoms with Crippen LogP contribution in [0.1, 0.15) is 41.1 Å². The van der Waals surface area contributed by atoms with Crippen molar-refractivity contribution in [3.8, 4) is 0 Å². The van der Waals surface area contributed by atoms with Crippen molar-refractivity contribution in [1.29, 1.82) is 0 Å². The monoisotopic (exact) mass is 393 g/mol. The van der Waals surface area contributed by atoms with Crippen molar-refractivity contribution in [3.05, 3.63) is 57.8 Å². The minimum absolute atomic E-state index is 0.130. The number of anilines is 1. The first-order valence-corrected chi connectivity index (χ1v) is 10.1. The molecule has 1 aromatic carbocycles. The number of benzene rings is 1. The molecule has 7 heteroatoms. The van der Waals surface area contributed by atoms with Gasteiger partial charge in [0.1, 0.15) is 11.4 Å². The molecule has 2 aromatic heterocycles. The number of likely N-dealkylation sites (tertiary alicyclic amines) is 1. The topological polar surface area (TPSA) is 72.2 Å². The number of piperidine rings is 1. The Balaban J connectivity index is 1.56. The van der Waals surface area contributed by atoms with E-state index in [0.29, 0.717) is 5.69 Å². The van der Waals surface area contributed by atoms with E-state index in [9.17, 15) is 9.59 Å². The van der Waals surface area contributed by atoms with E-state index < -0.39 is 5.91 Å². The quantitative estimate of drug-likeness (QED) is 0.740. The Morgan fingerprint density at radius 3 is 2.59 bits per heavy atom. The minimum Gasteiger partial charge on any atom is -0.330 e. The fraction of sp³-hybridized carbons (Fsp3) is 0.409. The number of aryl methyl sites for hydroxylation is 2. The van der Waals surface area contributed by atoms with Gasteiger partial charge in [-0.1, -0.05) is 6.42 Å². The van der Waals surface area contributed by atoms with Crippen LogP contribution in [0.25, 0.3) is 11.0 Å². The van der Waals surface area contributed by atoms with Crippen LogP contribution in [-0.2, 0) is 20.6 Å². The Hall–Kier alpha value is -2.93. The largest absolute Gasteiger partial charge is 0.330 e. The predicted molar refractivity (Wildman–Crippen MR) is 114 cm³/mol. The zero-order chi connectivity index (χ0) is 20.5. The van der Waals surface area contributed by atoms with E-state index in [0.717, 1.165) is 42.2 Å². The Kier molecular flexibility index (Phi) is 5.24. The molecule has 3 heterocycles. The number of carbonyl (C=O) groups excluding carboxylic acids is 1. The number of nitrogens with one attached hydrogen (secondary N) is 1. The van der Waals surface area contributed by atoms with E-state index in [1.54, 1.807) is 19.2 Å². The molecule has 0 unspecified atom stereocenters. The molecule has 0 saturated carbocycles. The lowest BCUT2D eigenvalue weighted by molar-refractivity contribution is 0.102. The van der Waals surface area contributed by atoms with Gasteiger partial charge in [0.05, 0.1) is 17.6 Å². The summed E-state index contributed by atoms with van der Waals surface area (Å²) in [5, 5.41) is 2.84. The lowest BCUT2D eigenvalue weighted by Crippen LogP contribution is -2.30. The molecule has 0 atom stereocenters. The van der Waals surface area contributed by atoms with E-state index in [1.807, 2.05) is 32.2 Å². The van der Waals surface area contributed by atoms with Gasteiger partial charge in [-0.05, 0) is 63.2 Å². The summed E-state index contributed by atoms with van der Waals surface area (Å²) in [6.45, 7) is 4.91. The highest BCUT2D eigenvalue weighted by molar-refractivity contribution is 6.04. The third-order valence-electron chi connectivity index (χ3n) is 5.84. The maximum Gasteiger partial charge on any atom is 0.263 e. The highest BCUT2D eigenvalue weighted by Crippen LogP contribution is 2.22. The van der Waals surface area contributed by atoms with Crippen LogP contribution < -0.4 is 10.9 Å². The van der Waals surface area contributed by atoms with E-state index in [4.69, 9.17) is 4.98 Å². The van der Waals surface area contributed by atoms with Crippen LogP contribution in [0, 0.1) is 6.92 Å². The lowest BCUT2D eigenvalue weighted by atomic mass is 10.1. The molecule has 1 N–H and O–H groups in total. The molecule has 1 amide bonds. The summed E-state index contributed by atoms with van der Waals surface area (Å²) < 4.78 is 3.59. The van der Waals surface area contributed by atoms with E-state index in [1.165, 1.54) is 23.8 Å². The van der Waals surface area contributed by atoms with Crippen molar-refractivity contribution in [1.82, 2.24) is 19.0 Å². The molecule has 0 aliphatic carbocycles. The number of fused-ring (bicyclic) bond motifs is 1. The number of imidazole rings is 1. The minimum atomic E-state index is -0.408. The first kappa shape index (κ1) is 19.4.